The molecule has 8 nitrogen and oxygen atoms in total. The summed E-state index contributed by atoms with van der Waals surface area (Å²) < 4.78 is 11.6. The normalized spacial score (nSPS) is 18.1. The summed E-state index contributed by atoms with van der Waals surface area (Å²) in [5, 5.41) is 14.8. The number of hydrogen-bond donors (Lipinski definition) is 2. The summed E-state index contributed by atoms with van der Waals surface area (Å²) in [6.07, 6.45) is 8.58. The van der Waals surface area contributed by atoms with Gasteiger partial charge in [0, 0.05) is 39.3 Å². The second kappa shape index (κ2) is 14.3. The molecule has 0 aromatic heterocycles. The summed E-state index contributed by atoms with van der Waals surface area (Å²) in [5.74, 6) is -1.18. The Morgan fingerprint density at radius 3 is 2.19 bits per heavy atom. The van der Waals surface area contributed by atoms with Crippen LogP contribution in [0.15, 0.2) is 60.7 Å². The van der Waals surface area contributed by atoms with Crippen molar-refractivity contribution in [2.24, 2.45) is 5.92 Å². The van der Waals surface area contributed by atoms with Crippen LogP contribution in [0.1, 0.15) is 30.4 Å². The van der Waals surface area contributed by atoms with E-state index >= 15 is 0 Å². The summed E-state index contributed by atoms with van der Waals surface area (Å²) in [6.45, 7) is 7.39. The Kier molecular flexibility index (Phi) is 10.8. The lowest BCUT2D eigenvalue weighted by Gasteiger charge is -2.36. The van der Waals surface area contributed by atoms with E-state index in [4.69, 9.17) is 29.3 Å². The molecule has 2 N–H and O–H groups in total. The number of benzene rings is 2. The van der Waals surface area contributed by atoms with Gasteiger partial charge in [-0.25, -0.2) is 9.59 Å². The molecule has 36 heavy (non-hydrogen) atoms. The average Bonchev–Trinajstić information content (AvgIpc) is 2.90. The number of piperazine rings is 1. The van der Waals surface area contributed by atoms with Crippen LogP contribution in [0, 0.1) is 5.92 Å². The number of methoxy groups -OCH3 is 1. The van der Waals surface area contributed by atoms with Crippen molar-refractivity contribution in [3.63, 3.8) is 0 Å². The first-order valence-corrected chi connectivity index (χ1v) is 12.3. The molecule has 0 spiro atoms. The Bertz CT molecular complexity index is 990. The van der Waals surface area contributed by atoms with E-state index in [2.05, 4.69) is 46.2 Å². The number of carbonyl (C=O) groups is 2. The molecule has 0 amide bonds. The average molecular weight is 497 g/mol. The highest BCUT2D eigenvalue weighted by atomic mass is 16.5. The van der Waals surface area contributed by atoms with Crippen molar-refractivity contribution < 1.29 is 29.3 Å². The Labute approximate surface area is 212 Å². The number of nitrogens with zero attached hydrogens (tertiary/aromatic N) is 2. The van der Waals surface area contributed by atoms with Gasteiger partial charge in [0.15, 0.2) is 11.5 Å². The SMILES string of the molecule is COc1ccc(CN2CCN(CC3CC=CCC3)CC2)cc1OCc1ccccc1.O=C(O)C(=O)O. The van der Waals surface area contributed by atoms with Gasteiger partial charge in [0.1, 0.15) is 6.61 Å². The van der Waals surface area contributed by atoms with Crippen LogP contribution >= 0.6 is 0 Å². The van der Waals surface area contributed by atoms with E-state index in [-0.39, 0.29) is 0 Å². The van der Waals surface area contributed by atoms with Crippen molar-refractivity contribution in [2.45, 2.75) is 32.4 Å². The molecule has 0 radical (unpaired) electrons. The molecule has 2 aromatic rings. The zero-order valence-corrected chi connectivity index (χ0v) is 20.8. The maximum absolute atomic E-state index is 9.10. The maximum atomic E-state index is 9.10. The van der Waals surface area contributed by atoms with E-state index in [1.165, 1.54) is 44.5 Å². The Hall–Kier alpha value is -3.36. The third-order valence-corrected chi connectivity index (χ3v) is 6.41. The van der Waals surface area contributed by atoms with Crippen LogP contribution < -0.4 is 9.47 Å². The van der Waals surface area contributed by atoms with Gasteiger partial charge in [0.05, 0.1) is 7.11 Å². The second-order valence-electron chi connectivity index (χ2n) is 9.10. The predicted octanol–water partition coefficient (Wildman–Crippen LogP) is 3.90. The number of aliphatic carboxylic acids is 2. The number of ether oxygens (including phenoxy) is 2. The highest BCUT2D eigenvalue weighted by molar-refractivity contribution is 6.27. The fourth-order valence-corrected chi connectivity index (χ4v) is 4.44. The lowest BCUT2D eigenvalue weighted by Crippen LogP contribution is -2.47. The van der Waals surface area contributed by atoms with Gasteiger partial charge in [-0.1, -0.05) is 48.6 Å². The monoisotopic (exact) mass is 496 g/mol. The van der Waals surface area contributed by atoms with Crippen molar-refractivity contribution in [3.8, 4) is 11.5 Å². The molecule has 1 fully saturated rings. The van der Waals surface area contributed by atoms with Crippen molar-refractivity contribution in [2.75, 3.05) is 39.8 Å². The quantitative estimate of drug-likeness (QED) is 0.419. The van der Waals surface area contributed by atoms with Gasteiger partial charge in [0.2, 0.25) is 0 Å². The topological polar surface area (TPSA) is 99.5 Å². The highest BCUT2D eigenvalue weighted by Gasteiger charge is 2.21. The lowest BCUT2D eigenvalue weighted by atomic mass is 9.94. The van der Waals surface area contributed by atoms with Crippen molar-refractivity contribution in [1.82, 2.24) is 9.80 Å². The molecule has 1 aliphatic carbocycles. The van der Waals surface area contributed by atoms with Crippen LogP contribution in [0.4, 0.5) is 0 Å². The van der Waals surface area contributed by atoms with Crippen molar-refractivity contribution >= 4 is 11.9 Å². The Morgan fingerprint density at radius 1 is 0.889 bits per heavy atom. The number of rotatable bonds is 8. The fraction of sp³-hybridized carbons (Fsp3) is 0.429. The molecule has 1 saturated heterocycles. The van der Waals surface area contributed by atoms with E-state index in [1.54, 1.807) is 7.11 Å². The standard InChI is InChI=1S/C26H34N2O2.C2H2O4/c1-29-25-13-12-24(18-26(25)30-21-23-10-6-3-7-11-23)20-28-16-14-27(15-17-28)19-22-8-4-2-5-9-22;3-1(4)2(5)6/h2-4,6-7,10-13,18,22H,5,8-9,14-17,19-21H2,1H3;(H,3,4)(H,5,6). The Balaban J connectivity index is 0.000000538. The molecule has 4 rings (SSSR count). The van der Waals surface area contributed by atoms with E-state index < -0.39 is 11.9 Å². The summed E-state index contributed by atoms with van der Waals surface area (Å²) in [5.41, 5.74) is 2.44. The third-order valence-electron chi connectivity index (χ3n) is 6.41. The minimum absolute atomic E-state index is 0.551. The molecule has 1 heterocycles. The smallest absolute Gasteiger partial charge is 0.414 e. The molecule has 0 bridgehead atoms. The summed E-state index contributed by atoms with van der Waals surface area (Å²) in [7, 11) is 1.70. The van der Waals surface area contributed by atoms with Crippen LogP contribution in [0.5, 0.6) is 11.5 Å². The van der Waals surface area contributed by atoms with Gasteiger partial charge in [-0.2, -0.15) is 0 Å². The first-order chi connectivity index (χ1) is 17.4. The zero-order chi connectivity index (χ0) is 25.8. The van der Waals surface area contributed by atoms with Crippen LogP contribution in [0.25, 0.3) is 0 Å². The predicted molar refractivity (Wildman–Crippen MR) is 137 cm³/mol. The van der Waals surface area contributed by atoms with Crippen LogP contribution in [-0.2, 0) is 22.7 Å². The van der Waals surface area contributed by atoms with Crippen LogP contribution in [0.2, 0.25) is 0 Å². The third kappa shape index (κ3) is 9.02. The molecule has 1 aliphatic heterocycles. The molecular weight excluding hydrogens is 460 g/mol. The van der Waals surface area contributed by atoms with Gasteiger partial charge < -0.3 is 24.6 Å². The maximum Gasteiger partial charge on any atom is 0.414 e. The van der Waals surface area contributed by atoms with Gasteiger partial charge in [-0.15, -0.1) is 0 Å². The molecular formula is C28H36N2O6. The number of carboxylic acids is 2. The first kappa shape index (κ1) is 27.2. The molecule has 2 aromatic carbocycles. The summed E-state index contributed by atoms with van der Waals surface area (Å²) >= 11 is 0. The molecule has 1 atom stereocenters. The molecule has 8 heteroatoms. The second-order valence-corrected chi connectivity index (χ2v) is 9.10. The summed E-state index contributed by atoms with van der Waals surface area (Å²) in [6, 6.07) is 16.6. The van der Waals surface area contributed by atoms with Crippen molar-refractivity contribution in [3.05, 3.63) is 71.8 Å². The van der Waals surface area contributed by atoms with Crippen molar-refractivity contribution in [1.29, 1.82) is 0 Å². The summed E-state index contributed by atoms with van der Waals surface area (Å²) in [4.78, 5) is 23.4. The minimum Gasteiger partial charge on any atom is -0.493 e. The van der Waals surface area contributed by atoms with Gasteiger partial charge in [-0.05, 0) is 48.4 Å². The van der Waals surface area contributed by atoms with Gasteiger partial charge in [-0.3, -0.25) is 4.90 Å². The number of allylic oxidation sites excluding steroid dienone is 2. The van der Waals surface area contributed by atoms with E-state index in [0.717, 1.165) is 42.6 Å². The fourth-order valence-electron chi connectivity index (χ4n) is 4.44. The van der Waals surface area contributed by atoms with Crippen LogP contribution in [0.3, 0.4) is 0 Å². The minimum atomic E-state index is -1.82. The largest absolute Gasteiger partial charge is 0.493 e. The molecule has 2 aliphatic rings. The first-order valence-electron chi connectivity index (χ1n) is 12.3. The van der Waals surface area contributed by atoms with E-state index in [0.29, 0.717) is 6.61 Å². The van der Waals surface area contributed by atoms with Gasteiger partial charge in [0.25, 0.3) is 0 Å². The molecule has 1 unspecified atom stereocenters. The highest BCUT2D eigenvalue weighted by Crippen LogP contribution is 2.29. The lowest BCUT2D eigenvalue weighted by molar-refractivity contribution is -0.159. The zero-order valence-electron chi connectivity index (χ0n) is 20.8. The number of hydrogen-bond acceptors (Lipinski definition) is 6. The van der Waals surface area contributed by atoms with E-state index in [9.17, 15) is 0 Å². The van der Waals surface area contributed by atoms with E-state index in [1.807, 2.05) is 24.3 Å². The number of carboxylic acid groups (broad SMARTS) is 2. The molecule has 194 valence electrons. The van der Waals surface area contributed by atoms with Gasteiger partial charge >= 0.3 is 11.9 Å². The Morgan fingerprint density at radius 2 is 1.58 bits per heavy atom. The van der Waals surface area contributed by atoms with Crippen LogP contribution in [-0.4, -0.2) is 71.8 Å². The molecule has 0 saturated carbocycles.